The van der Waals surface area contributed by atoms with Crippen molar-refractivity contribution in [3.8, 4) is 0 Å². The molecule has 0 saturated heterocycles. The molecule has 1 aliphatic carbocycles. The summed E-state index contributed by atoms with van der Waals surface area (Å²) in [6.07, 6.45) is 5.17. The Labute approximate surface area is 209 Å². The van der Waals surface area contributed by atoms with E-state index in [1.54, 1.807) is 24.3 Å². The smallest absolute Gasteiger partial charge is 0.307 e. The van der Waals surface area contributed by atoms with Crippen LogP contribution in [-0.4, -0.2) is 30.3 Å². The lowest BCUT2D eigenvalue weighted by Crippen LogP contribution is -2.35. The molecule has 1 aliphatic rings. The van der Waals surface area contributed by atoms with Gasteiger partial charge < -0.3 is 4.42 Å². The predicted molar refractivity (Wildman–Crippen MR) is 134 cm³/mol. The maximum absolute atomic E-state index is 13.4. The molecule has 5 rings (SSSR count). The van der Waals surface area contributed by atoms with Crippen molar-refractivity contribution in [2.75, 3.05) is 5.43 Å². The minimum Gasteiger partial charge on any atom is -0.454 e. The lowest BCUT2D eigenvalue weighted by molar-refractivity contribution is -0.385. The quantitative estimate of drug-likeness (QED) is 0.316. The maximum Gasteiger partial charge on any atom is 0.307 e. The number of thiophene rings is 1. The van der Waals surface area contributed by atoms with Gasteiger partial charge in [0.25, 0.3) is 5.56 Å². The number of nitrogens with zero attached hydrogens (tertiary/aromatic N) is 5. The fourth-order valence-electron chi connectivity index (χ4n) is 4.63. The molecule has 0 bridgehead atoms. The number of hydrogen-bond donors (Lipinski definition) is 1. The summed E-state index contributed by atoms with van der Waals surface area (Å²) in [6.45, 7) is 8.54. The molecule has 0 aromatic carbocycles. The Morgan fingerprint density at radius 1 is 1.36 bits per heavy atom. The highest BCUT2D eigenvalue weighted by molar-refractivity contribution is 7.18. The number of aromatic nitrogens is 4. The van der Waals surface area contributed by atoms with E-state index in [0.717, 1.165) is 31.0 Å². The first-order chi connectivity index (χ1) is 17.0. The number of carbonyl (C=O) groups is 1. The van der Waals surface area contributed by atoms with E-state index in [1.165, 1.54) is 26.5 Å². The molecule has 0 fully saturated rings. The summed E-state index contributed by atoms with van der Waals surface area (Å²) in [7, 11) is 0. The van der Waals surface area contributed by atoms with E-state index in [0.29, 0.717) is 27.7 Å². The van der Waals surface area contributed by atoms with Crippen molar-refractivity contribution in [3.63, 3.8) is 0 Å². The molecule has 188 valence electrons. The van der Waals surface area contributed by atoms with Crippen LogP contribution in [0.4, 0.5) is 5.69 Å². The van der Waals surface area contributed by atoms with Crippen LogP contribution in [0, 0.1) is 28.4 Å². The summed E-state index contributed by atoms with van der Waals surface area (Å²) < 4.78 is 8.12. The van der Waals surface area contributed by atoms with Gasteiger partial charge in [0.05, 0.1) is 16.9 Å². The number of rotatable bonds is 5. The fourth-order valence-corrected chi connectivity index (χ4v) is 5.97. The fraction of sp³-hybridized carbons (Fsp3) is 0.417. The van der Waals surface area contributed by atoms with Gasteiger partial charge in [0, 0.05) is 4.88 Å². The molecule has 1 amide bonds. The predicted octanol–water partition coefficient (Wildman–Crippen LogP) is 4.05. The van der Waals surface area contributed by atoms with Crippen LogP contribution in [0.1, 0.15) is 59.8 Å². The van der Waals surface area contributed by atoms with Crippen molar-refractivity contribution >= 4 is 33.1 Å². The van der Waals surface area contributed by atoms with Gasteiger partial charge in [-0.2, -0.15) is 5.10 Å². The van der Waals surface area contributed by atoms with Crippen molar-refractivity contribution in [2.24, 2.45) is 11.3 Å². The molecular formula is C24H26N6O5S. The Morgan fingerprint density at radius 3 is 2.83 bits per heavy atom. The van der Waals surface area contributed by atoms with Crippen molar-refractivity contribution in [3.05, 3.63) is 72.8 Å². The minimum absolute atomic E-state index is 0.00146. The van der Waals surface area contributed by atoms with Gasteiger partial charge in [-0.15, -0.1) is 11.3 Å². The summed E-state index contributed by atoms with van der Waals surface area (Å²) >= 11 is 1.57. The zero-order chi connectivity index (χ0) is 25.8. The van der Waals surface area contributed by atoms with Gasteiger partial charge in [-0.3, -0.25) is 29.8 Å². The second-order valence-corrected chi connectivity index (χ2v) is 11.2. The van der Waals surface area contributed by atoms with Crippen LogP contribution in [-0.2, 0) is 19.4 Å². The lowest BCUT2D eigenvalue weighted by atomic mass is 9.72. The van der Waals surface area contributed by atoms with E-state index in [2.05, 4.69) is 36.3 Å². The Bertz CT molecular complexity index is 1550. The molecule has 0 aliphatic heterocycles. The Morgan fingerprint density at radius 2 is 2.14 bits per heavy atom. The molecule has 1 N–H and O–H groups in total. The molecule has 4 aromatic rings. The zero-order valence-electron chi connectivity index (χ0n) is 20.4. The average molecular weight is 511 g/mol. The average Bonchev–Trinajstić information content (AvgIpc) is 3.54. The van der Waals surface area contributed by atoms with Gasteiger partial charge in [-0.05, 0) is 55.2 Å². The molecule has 0 radical (unpaired) electrons. The first-order valence-electron chi connectivity index (χ1n) is 11.6. The summed E-state index contributed by atoms with van der Waals surface area (Å²) in [5.41, 5.74) is 3.42. The Balaban J connectivity index is 1.38. The van der Waals surface area contributed by atoms with Gasteiger partial charge in [0.2, 0.25) is 0 Å². The summed E-state index contributed by atoms with van der Waals surface area (Å²) in [4.78, 5) is 43.2. The Hall–Kier alpha value is -3.80. The van der Waals surface area contributed by atoms with E-state index < -0.39 is 10.8 Å². The van der Waals surface area contributed by atoms with Crippen LogP contribution in [0.2, 0.25) is 0 Å². The highest BCUT2D eigenvalue weighted by Crippen LogP contribution is 2.42. The molecule has 4 heterocycles. The van der Waals surface area contributed by atoms with Crippen molar-refractivity contribution in [1.29, 1.82) is 0 Å². The minimum atomic E-state index is -0.601. The molecular weight excluding hydrogens is 484 g/mol. The van der Waals surface area contributed by atoms with Gasteiger partial charge in [0.1, 0.15) is 28.8 Å². The third kappa shape index (κ3) is 4.32. The number of aryl methyl sites for hydroxylation is 2. The number of furan rings is 1. The van der Waals surface area contributed by atoms with Crippen molar-refractivity contribution in [2.45, 2.75) is 53.5 Å². The first-order valence-corrected chi connectivity index (χ1v) is 12.4. The maximum atomic E-state index is 13.4. The monoisotopic (exact) mass is 510 g/mol. The van der Waals surface area contributed by atoms with Crippen molar-refractivity contribution in [1.82, 2.24) is 19.4 Å². The van der Waals surface area contributed by atoms with Crippen LogP contribution in [0.25, 0.3) is 10.2 Å². The number of nitro groups is 1. The largest absolute Gasteiger partial charge is 0.454 e. The van der Waals surface area contributed by atoms with Gasteiger partial charge in [0.15, 0.2) is 5.76 Å². The van der Waals surface area contributed by atoms with E-state index in [9.17, 15) is 19.7 Å². The topological polar surface area (TPSA) is 138 Å². The first kappa shape index (κ1) is 23.9. The van der Waals surface area contributed by atoms with Crippen LogP contribution in [0.5, 0.6) is 0 Å². The second-order valence-electron chi connectivity index (χ2n) is 10.1. The van der Waals surface area contributed by atoms with Crippen molar-refractivity contribution < 1.29 is 14.1 Å². The Kier molecular flexibility index (Phi) is 5.78. The molecule has 4 aromatic heterocycles. The van der Waals surface area contributed by atoms with Crippen LogP contribution in [0.3, 0.4) is 0 Å². The second kappa shape index (κ2) is 8.70. The van der Waals surface area contributed by atoms with Gasteiger partial charge >= 0.3 is 11.6 Å². The highest BCUT2D eigenvalue weighted by atomic mass is 32.1. The van der Waals surface area contributed by atoms with E-state index in [4.69, 9.17) is 4.42 Å². The summed E-state index contributed by atoms with van der Waals surface area (Å²) in [5, 5.41) is 15.3. The third-order valence-electron chi connectivity index (χ3n) is 6.72. The van der Waals surface area contributed by atoms with Gasteiger partial charge in [-0.1, -0.05) is 20.8 Å². The molecule has 0 saturated carbocycles. The third-order valence-corrected chi connectivity index (χ3v) is 7.87. The molecule has 0 spiro atoms. The van der Waals surface area contributed by atoms with Gasteiger partial charge in [-0.25, -0.2) is 9.66 Å². The zero-order valence-corrected chi connectivity index (χ0v) is 21.2. The summed E-state index contributed by atoms with van der Waals surface area (Å²) in [5.74, 6) is 0.704. The van der Waals surface area contributed by atoms with E-state index in [1.807, 2.05) is 0 Å². The van der Waals surface area contributed by atoms with E-state index in [-0.39, 0.29) is 29.0 Å². The molecule has 1 unspecified atom stereocenters. The molecule has 36 heavy (non-hydrogen) atoms. The standard InChI is InChI=1S/C24H26N6O5S/c1-13-26-22-20(17-7-5-14(24(2,3)4)9-19(17)36-22)23(32)29(13)27-21(31)18-8-6-16(35-18)12-28-11-15(10-25-28)30(33)34/h6,8,10-11,14H,5,7,9,12H2,1-4H3,(H,27,31). The molecule has 11 nitrogen and oxygen atoms in total. The molecule has 12 heteroatoms. The molecule has 1 atom stereocenters. The highest BCUT2D eigenvalue weighted by Gasteiger charge is 2.32. The van der Waals surface area contributed by atoms with Crippen LogP contribution < -0.4 is 11.0 Å². The SMILES string of the molecule is Cc1nc2sc3c(c2c(=O)n1NC(=O)c1ccc(Cn2cc([N+](=O)[O-])cn2)o1)CCC(C(C)(C)C)C3. The van der Waals surface area contributed by atoms with Crippen LogP contribution >= 0.6 is 11.3 Å². The number of fused-ring (bicyclic) bond motifs is 3. The number of hydrogen-bond acceptors (Lipinski definition) is 8. The number of carbonyl (C=O) groups excluding carboxylic acids is 1. The van der Waals surface area contributed by atoms with E-state index >= 15 is 0 Å². The normalized spacial score (nSPS) is 15.7. The summed E-state index contributed by atoms with van der Waals surface area (Å²) in [6, 6.07) is 3.06. The van der Waals surface area contributed by atoms with Crippen LogP contribution in [0.15, 0.2) is 33.7 Å². The lowest BCUT2D eigenvalue weighted by Gasteiger charge is -2.33. The number of amides is 1. The number of nitrogens with one attached hydrogen (secondary N) is 1.